The van der Waals surface area contributed by atoms with E-state index in [2.05, 4.69) is 10.6 Å². The summed E-state index contributed by atoms with van der Waals surface area (Å²) in [5.74, 6) is 1.44. The largest absolute Gasteiger partial charge is 0.349 e. The van der Waals surface area contributed by atoms with E-state index in [-0.39, 0.29) is 24.4 Å². The Bertz CT molecular complexity index is 496. The second-order valence-corrected chi connectivity index (χ2v) is 7.12. The fourth-order valence-corrected chi connectivity index (χ4v) is 3.58. The summed E-state index contributed by atoms with van der Waals surface area (Å²) >= 11 is 5.98. The van der Waals surface area contributed by atoms with Crippen LogP contribution in [0, 0.1) is 11.8 Å². The van der Waals surface area contributed by atoms with Crippen LogP contribution in [0.1, 0.15) is 50.1 Å². The van der Waals surface area contributed by atoms with Gasteiger partial charge in [0.25, 0.3) is 0 Å². The van der Waals surface area contributed by atoms with Crippen LogP contribution in [0.4, 0.5) is 0 Å². The quantitative estimate of drug-likeness (QED) is 0.805. The van der Waals surface area contributed by atoms with Crippen molar-refractivity contribution in [2.45, 2.75) is 44.6 Å². The van der Waals surface area contributed by atoms with Crippen LogP contribution < -0.4 is 10.6 Å². The average molecular weight is 357 g/mol. The first-order valence-electron chi connectivity index (χ1n) is 8.48. The van der Waals surface area contributed by atoms with Crippen molar-refractivity contribution in [2.75, 3.05) is 13.1 Å². The van der Waals surface area contributed by atoms with Gasteiger partial charge in [0, 0.05) is 11.4 Å². The molecule has 2 fully saturated rings. The van der Waals surface area contributed by atoms with Crippen LogP contribution in [0.2, 0.25) is 5.02 Å². The Morgan fingerprint density at radius 2 is 2.00 bits per heavy atom. The van der Waals surface area contributed by atoms with Gasteiger partial charge >= 0.3 is 0 Å². The van der Waals surface area contributed by atoms with Gasteiger partial charge in [-0.05, 0) is 68.3 Å². The molecule has 2 unspecified atom stereocenters. The number of halogens is 2. The van der Waals surface area contributed by atoms with Crippen LogP contribution in [0.15, 0.2) is 24.3 Å². The van der Waals surface area contributed by atoms with Gasteiger partial charge in [-0.3, -0.25) is 4.79 Å². The van der Waals surface area contributed by atoms with Crippen molar-refractivity contribution in [2.24, 2.45) is 11.8 Å². The molecular formula is C18H26Cl2N2O. The summed E-state index contributed by atoms with van der Waals surface area (Å²) in [7, 11) is 0. The molecule has 2 N–H and O–H groups in total. The number of hydrogen-bond acceptors (Lipinski definition) is 2. The highest BCUT2D eigenvalue weighted by molar-refractivity contribution is 6.30. The molecule has 1 saturated carbocycles. The number of carbonyl (C=O) groups excluding carboxylic acids is 1. The molecule has 5 heteroatoms. The van der Waals surface area contributed by atoms with E-state index in [9.17, 15) is 4.79 Å². The molecule has 1 aromatic rings. The van der Waals surface area contributed by atoms with Crippen molar-refractivity contribution < 1.29 is 4.79 Å². The lowest BCUT2D eigenvalue weighted by atomic mass is 9.77. The molecule has 2 aliphatic rings. The summed E-state index contributed by atoms with van der Waals surface area (Å²) in [4.78, 5) is 12.3. The fourth-order valence-electron chi connectivity index (χ4n) is 3.46. The Hall–Kier alpha value is -0.770. The van der Waals surface area contributed by atoms with Gasteiger partial charge in [0.05, 0.1) is 6.04 Å². The van der Waals surface area contributed by atoms with Crippen LogP contribution in [0.5, 0.6) is 0 Å². The molecule has 1 aromatic carbocycles. The maximum Gasteiger partial charge on any atom is 0.220 e. The van der Waals surface area contributed by atoms with Crippen molar-refractivity contribution in [3.63, 3.8) is 0 Å². The predicted octanol–water partition coefficient (Wildman–Crippen LogP) is 4.11. The summed E-state index contributed by atoms with van der Waals surface area (Å²) in [6.45, 7) is 2.16. The number of rotatable bonds is 6. The van der Waals surface area contributed by atoms with Crippen LogP contribution in [-0.2, 0) is 4.79 Å². The third-order valence-corrected chi connectivity index (χ3v) is 5.36. The molecule has 128 valence electrons. The normalized spacial score (nSPS) is 22.0. The number of hydrogen-bond donors (Lipinski definition) is 2. The van der Waals surface area contributed by atoms with Gasteiger partial charge in [-0.25, -0.2) is 0 Å². The maximum atomic E-state index is 12.3. The number of nitrogens with one attached hydrogen (secondary N) is 2. The Balaban J connectivity index is 0.00000192. The van der Waals surface area contributed by atoms with Crippen LogP contribution in [0.25, 0.3) is 0 Å². The smallest absolute Gasteiger partial charge is 0.220 e. The molecule has 3 rings (SSSR count). The molecule has 3 nitrogen and oxygen atoms in total. The van der Waals surface area contributed by atoms with Crippen molar-refractivity contribution in [1.82, 2.24) is 10.6 Å². The van der Waals surface area contributed by atoms with Crippen LogP contribution >= 0.6 is 24.0 Å². The lowest BCUT2D eigenvalue weighted by Crippen LogP contribution is -2.36. The zero-order valence-corrected chi connectivity index (χ0v) is 15.0. The Morgan fingerprint density at radius 3 is 2.57 bits per heavy atom. The van der Waals surface area contributed by atoms with Crippen molar-refractivity contribution in [1.29, 1.82) is 0 Å². The molecule has 1 amide bonds. The van der Waals surface area contributed by atoms with Crippen molar-refractivity contribution >= 4 is 29.9 Å². The Labute approximate surface area is 150 Å². The molecule has 1 saturated heterocycles. The summed E-state index contributed by atoms with van der Waals surface area (Å²) < 4.78 is 0. The van der Waals surface area contributed by atoms with Gasteiger partial charge in [-0.1, -0.05) is 30.2 Å². The molecule has 1 aliphatic carbocycles. The summed E-state index contributed by atoms with van der Waals surface area (Å²) in [5.41, 5.74) is 1.19. The van der Waals surface area contributed by atoms with Gasteiger partial charge in [0.2, 0.25) is 5.91 Å². The highest BCUT2D eigenvalue weighted by atomic mass is 35.5. The Kier molecular flexibility index (Phi) is 7.19. The second kappa shape index (κ2) is 8.91. The monoisotopic (exact) mass is 356 g/mol. The minimum Gasteiger partial charge on any atom is -0.349 e. The van der Waals surface area contributed by atoms with Gasteiger partial charge in [0.15, 0.2) is 0 Å². The summed E-state index contributed by atoms with van der Waals surface area (Å²) in [6.07, 6.45) is 6.54. The third kappa shape index (κ3) is 5.10. The van der Waals surface area contributed by atoms with E-state index in [1.165, 1.54) is 31.2 Å². The molecule has 23 heavy (non-hydrogen) atoms. The van der Waals surface area contributed by atoms with E-state index in [1.54, 1.807) is 0 Å². The summed E-state index contributed by atoms with van der Waals surface area (Å²) in [6, 6.07) is 8.08. The molecule has 0 aromatic heterocycles. The van der Waals surface area contributed by atoms with E-state index in [1.807, 2.05) is 24.3 Å². The average Bonchev–Trinajstić information content (AvgIpc) is 2.97. The molecule has 0 bridgehead atoms. The standard InChI is InChI=1S/C18H25ClN2O.ClH/c19-16-7-5-15(6-8-16)18(14-2-1-3-14)21-17(22)9-4-13-10-11-20-12-13;/h5-8,13-14,18,20H,1-4,9-12H2,(H,21,22);1H. The minimum atomic E-state index is 0. The van der Waals surface area contributed by atoms with Crippen LogP contribution in [-0.4, -0.2) is 19.0 Å². The Morgan fingerprint density at radius 1 is 1.26 bits per heavy atom. The molecule has 0 spiro atoms. The van der Waals surface area contributed by atoms with Gasteiger partial charge in [-0.2, -0.15) is 0 Å². The number of carbonyl (C=O) groups is 1. The summed E-state index contributed by atoms with van der Waals surface area (Å²) in [5, 5.41) is 7.38. The topological polar surface area (TPSA) is 41.1 Å². The van der Waals surface area contributed by atoms with Gasteiger partial charge in [-0.15, -0.1) is 12.4 Å². The zero-order chi connectivity index (χ0) is 15.4. The SMILES string of the molecule is Cl.O=C(CCC1CCNC1)NC(c1ccc(Cl)cc1)C1CCC1. The first kappa shape index (κ1) is 18.6. The van der Waals surface area contributed by atoms with E-state index in [0.717, 1.165) is 24.5 Å². The molecule has 1 aliphatic heterocycles. The lowest BCUT2D eigenvalue weighted by Gasteiger charge is -2.34. The maximum absolute atomic E-state index is 12.3. The van der Waals surface area contributed by atoms with E-state index in [4.69, 9.17) is 11.6 Å². The van der Waals surface area contributed by atoms with Crippen molar-refractivity contribution in [3.8, 4) is 0 Å². The third-order valence-electron chi connectivity index (χ3n) is 5.11. The second-order valence-electron chi connectivity index (χ2n) is 6.69. The highest BCUT2D eigenvalue weighted by Gasteiger charge is 2.29. The number of benzene rings is 1. The van der Waals surface area contributed by atoms with Crippen molar-refractivity contribution in [3.05, 3.63) is 34.9 Å². The van der Waals surface area contributed by atoms with E-state index >= 15 is 0 Å². The fraction of sp³-hybridized carbons (Fsp3) is 0.611. The first-order valence-corrected chi connectivity index (χ1v) is 8.86. The van der Waals surface area contributed by atoms with E-state index in [0.29, 0.717) is 18.3 Å². The van der Waals surface area contributed by atoms with Gasteiger partial charge in [0.1, 0.15) is 0 Å². The van der Waals surface area contributed by atoms with Gasteiger partial charge < -0.3 is 10.6 Å². The highest BCUT2D eigenvalue weighted by Crippen LogP contribution is 2.38. The lowest BCUT2D eigenvalue weighted by molar-refractivity contribution is -0.122. The number of amides is 1. The predicted molar refractivity (Wildman–Crippen MR) is 97.1 cm³/mol. The van der Waals surface area contributed by atoms with Crippen LogP contribution in [0.3, 0.4) is 0 Å². The van der Waals surface area contributed by atoms with E-state index < -0.39 is 0 Å². The molecule has 1 heterocycles. The minimum absolute atomic E-state index is 0. The molecular weight excluding hydrogens is 331 g/mol. The zero-order valence-electron chi connectivity index (χ0n) is 13.4. The first-order chi connectivity index (χ1) is 10.7. The molecule has 0 radical (unpaired) electrons. The molecule has 2 atom stereocenters.